The number of amides is 2. The van der Waals surface area contributed by atoms with Gasteiger partial charge in [-0.3, -0.25) is 9.59 Å². The van der Waals surface area contributed by atoms with Gasteiger partial charge in [-0.15, -0.1) is 0 Å². The number of rotatable bonds is 6. The molecule has 0 aromatic heterocycles. The maximum Gasteiger partial charge on any atom is 0.416 e. The molecular weight excluding hydrogens is 339 g/mol. The number of hydrogen-bond donors (Lipinski definition) is 3. The second-order valence-corrected chi connectivity index (χ2v) is 5.59. The van der Waals surface area contributed by atoms with Gasteiger partial charge in [-0.25, -0.2) is 0 Å². The van der Waals surface area contributed by atoms with Gasteiger partial charge >= 0.3 is 6.18 Å². The molecule has 3 N–H and O–H groups in total. The van der Waals surface area contributed by atoms with Crippen molar-refractivity contribution < 1.29 is 27.5 Å². The van der Waals surface area contributed by atoms with E-state index in [0.717, 1.165) is 18.2 Å². The Morgan fingerprint density at radius 3 is 2.76 bits per heavy atom. The first kappa shape index (κ1) is 19.2. The third-order valence-corrected chi connectivity index (χ3v) is 3.75. The number of benzene rings is 1. The predicted molar refractivity (Wildman–Crippen MR) is 84.0 cm³/mol. The lowest BCUT2D eigenvalue weighted by Gasteiger charge is -2.20. The molecule has 1 fully saturated rings. The molecule has 1 saturated heterocycles. The fourth-order valence-electron chi connectivity index (χ4n) is 2.55. The van der Waals surface area contributed by atoms with Gasteiger partial charge in [-0.05, 0) is 25.1 Å². The van der Waals surface area contributed by atoms with Crippen LogP contribution in [-0.4, -0.2) is 50.2 Å². The van der Waals surface area contributed by atoms with Gasteiger partial charge in [-0.2, -0.15) is 13.2 Å². The summed E-state index contributed by atoms with van der Waals surface area (Å²) in [4.78, 5) is 23.9. The molecule has 1 aliphatic rings. The van der Waals surface area contributed by atoms with Crippen LogP contribution in [0.3, 0.4) is 0 Å². The highest BCUT2D eigenvalue weighted by Gasteiger charge is 2.31. The Kier molecular flexibility index (Phi) is 6.38. The zero-order valence-corrected chi connectivity index (χ0v) is 13.7. The Morgan fingerprint density at radius 2 is 2.08 bits per heavy atom. The quantitative estimate of drug-likeness (QED) is 0.706. The van der Waals surface area contributed by atoms with Gasteiger partial charge in [0.2, 0.25) is 5.91 Å². The van der Waals surface area contributed by atoms with Crippen molar-refractivity contribution in [1.29, 1.82) is 0 Å². The summed E-state index contributed by atoms with van der Waals surface area (Å²) in [5, 5.41) is 8.14. The zero-order chi connectivity index (χ0) is 18.4. The molecule has 6 nitrogen and oxygen atoms in total. The third kappa shape index (κ3) is 5.43. The summed E-state index contributed by atoms with van der Waals surface area (Å²) in [5.41, 5.74) is -1.07. The third-order valence-electron chi connectivity index (χ3n) is 3.75. The first-order chi connectivity index (χ1) is 11.8. The maximum atomic E-state index is 12.7. The van der Waals surface area contributed by atoms with Gasteiger partial charge in [0.25, 0.3) is 5.91 Å². The van der Waals surface area contributed by atoms with Crippen molar-refractivity contribution >= 4 is 11.8 Å². The number of hydrogen-bond acceptors (Lipinski definition) is 4. The van der Waals surface area contributed by atoms with Gasteiger partial charge in [0, 0.05) is 25.3 Å². The van der Waals surface area contributed by atoms with E-state index in [4.69, 9.17) is 4.74 Å². The Hall–Kier alpha value is -2.13. The topological polar surface area (TPSA) is 79.5 Å². The molecule has 25 heavy (non-hydrogen) atoms. The molecule has 138 valence electrons. The van der Waals surface area contributed by atoms with E-state index in [9.17, 15) is 22.8 Å². The number of ether oxygens (including phenoxy) is 1. The Balaban J connectivity index is 1.86. The van der Waals surface area contributed by atoms with Crippen molar-refractivity contribution in [2.24, 2.45) is 0 Å². The molecule has 9 heteroatoms. The van der Waals surface area contributed by atoms with Gasteiger partial charge in [0.05, 0.1) is 24.3 Å². The maximum absolute atomic E-state index is 12.7. The number of alkyl halides is 3. The normalized spacial score (nSPS) is 20.3. The smallest absolute Gasteiger partial charge is 0.375 e. The highest BCUT2D eigenvalue weighted by atomic mass is 19.4. The Morgan fingerprint density at radius 1 is 1.32 bits per heavy atom. The monoisotopic (exact) mass is 359 g/mol. The second-order valence-electron chi connectivity index (χ2n) is 5.59. The van der Waals surface area contributed by atoms with Crippen molar-refractivity contribution in [3.8, 4) is 0 Å². The fraction of sp³-hybridized carbons (Fsp3) is 0.500. The zero-order valence-electron chi connectivity index (χ0n) is 13.7. The molecular formula is C16H20F3N3O3. The lowest BCUT2D eigenvalue weighted by Crippen LogP contribution is -2.47. The predicted octanol–water partition coefficient (Wildman–Crippen LogP) is 0.928. The molecule has 0 unspecified atom stereocenters. The number of carbonyl (C=O) groups is 2. The van der Waals surface area contributed by atoms with Crippen LogP contribution >= 0.6 is 0 Å². The highest BCUT2D eigenvalue weighted by Crippen LogP contribution is 2.29. The summed E-state index contributed by atoms with van der Waals surface area (Å²) in [6.07, 6.45) is -4.68. The van der Waals surface area contributed by atoms with E-state index in [1.807, 2.05) is 6.92 Å². The minimum atomic E-state index is -4.53. The van der Waals surface area contributed by atoms with Crippen LogP contribution in [0, 0.1) is 0 Å². The van der Waals surface area contributed by atoms with Crippen molar-refractivity contribution in [3.63, 3.8) is 0 Å². The molecule has 0 aliphatic carbocycles. The molecule has 0 bridgehead atoms. The molecule has 0 saturated carbocycles. The molecule has 2 rings (SSSR count). The van der Waals surface area contributed by atoms with E-state index in [-0.39, 0.29) is 24.3 Å². The summed E-state index contributed by atoms with van der Waals surface area (Å²) >= 11 is 0. The lowest BCUT2D eigenvalue weighted by molar-refractivity contribution is -0.137. The van der Waals surface area contributed by atoms with E-state index >= 15 is 0 Å². The van der Waals surface area contributed by atoms with E-state index < -0.39 is 23.6 Å². The van der Waals surface area contributed by atoms with Crippen LogP contribution in [0.25, 0.3) is 0 Å². The number of nitrogens with one attached hydrogen (secondary N) is 3. The fourth-order valence-corrected chi connectivity index (χ4v) is 2.55. The van der Waals surface area contributed by atoms with E-state index in [2.05, 4.69) is 16.0 Å². The van der Waals surface area contributed by atoms with Crippen molar-refractivity contribution in [1.82, 2.24) is 16.0 Å². The molecule has 1 heterocycles. The van der Waals surface area contributed by atoms with Crippen molar-refractivity contribution in [2.45, 2.75) is 25.2 Å². The van der Waals surface area contributed by atoms with E-state index in [1.54, 1.807) is 0 Å². The molecule has 0 radical (unpaired) electrons. The van der Waals surface area contributed by atoms with Crippen LogP contribution in [0.4, 0.5) is 13.2 Å². The van der Waals surface area contributed by atoms with Crippen molar-refractivity contribution in [3.05, 3.63) is 35.4 Å². The summed E-state index contributed by atoms with van der Waals surface area (Å²) in [6, 6.07) is 3.82. The minimum Gasteiger partial charge on any atom is -0.375 e. The molecule has 0 spiro atoms. The molecule has 2 amide bonds. The summed E-state index contributed by atoms with van der Waals surface area (Å²) in [7, 11) is 0. The van der Waals surface area contributed by atoms with Crippen molar-refractivity contribution in [2.75, 3.05) is 26.2 Å². The van der Waals surface area contributed by atoms with Crippen LogP contribution < -0.4 is 16.0 Å². The Bertz CT molecular complexity index is 622. The SMILES string of the molecule is CCO[C@@H]1CNC[C@@H]1NC(=O)CNC(=O)c1cccc(C(F)(F)F)c1. The van der Waals surface area contributed by atoms with Gasteiger partial charge in [0.15, 0.2) is 0 Å². The van der Waals surface area contributed by atoms with Crippen LogP contribution in [0.5, 0.6) is 0 Å². The first-order valence-electron chi connectivity index (χ1n) is 7.88. The van der Waals surface area contributed by atoms with E-state index in [0.29, 0.717) is 19.7 Å². The molecule has 1 aromatic carbocycles. The minimum absolute atomic E-state index is 0.145. The average Bonchev–Trinajstić information content (AvgIpc) is 2.99. The standard InChI is InChI=1S/C16H20F3N3O3/c1-2-25-13-8-20-7-12(13)22-14(23)9-21-15(24)10-4-3-5-11(6-10)16(17,18)19/h3-6,12-13,20H,2,7-9H2,1H3,(H,21,24)(H,22,23)/t12-,13+/m0/s1. The lowest BCUT2D eigenvalue weighted by atomic mass is 10.1. The summed E-state index contributed by atoms with van der Waals surface area (Å²) in [5.74, 6) is -1.18. The largest absolute Gasteiger partial charge is 0.416 e. The van der Waals surface area contributed by atoms with Crippen LogP contribution in [-0.2, 0) is 15.7 Å². The second kappa shape index (κ2) is 8.30. The first-order valence-corrected chi connectivity index (χ1v) is 7.88. The molecule has 1 aliphatic heterocycles. The van der Waals surface area contributed by atoms with E-state index in [1.165, 1.54) is 6.07 Å². The molecule has 2 atom stereocenters. The van der Waals surface area contributed by atoms with Gasteiger partial charge in [-0.1, -0.05) is 6.07 Å². The summed E-state index contributed by atoms with van der Waals surface area (Å²) < 4.78 is 43.5. The van der Waals surface area contributed by atoms with Gasteiger partial charge in [0.1, 0.15) is 0 Å². The number of halogens is 3. The van der Waals surface area contributed by atoms with Crippen LogP contribution in [0.1, 0.15) is 22.8 Å². The van der Waals surface area contributed by atoms with Gasteiger partial charge < -0.3 is 20.7 Å². The summed E-state index contributed by atoms with van der Waals surface area (Å²) in [6.45, 7) is 3.22. The molecule has 1 aromatic rings. The number of carbonyl (C=O) groups excluding carboxylic acids is 2. The average molecular weight is 359 g/mol. The van der Waals surface area contributed by atoms with Crippen LogP contribution in [0.15, 0.2) is 24.3 Å². The Labute approximate surface area is 143 Å². The van der Waals surface area contributed by atoms with Crippen LogP contribution in [0.2, 0.25) is 0 Å². The highest BCUT2D eigenvalue weighted by molar-refractivity contribution is 5.96.